The first kappa shape index (κ1) is 9.96. The van der Waals surface area contributed by atoms with E-state index in [-0.39, 0.29) is 11.6 Å². The molecule has 0 aromatic carbocycles. The van der Waals surface area contributed by atoms with E-state index < -0.39 is 0 Å². The van der Waals surface area contributed by atoms with Crippen molar-refractivity contribution in [1.29, 1.82) is 0 Å². The molecule has 1 N–H and O–H groups in total. The first-order valence-electron chi connectivity index (χ1n) is 5.12. The molecule has 2 rings (SSSR count). The normalized spacial score (nSPS) is 20.6. The minimum Gasteiger partial charge on any atom is -0.338 e. The van der Waals surface area contributed by atoms with Crippen LogP contribution in [0.5, 0.6) is 0 Å². The molecule has 1 saturated heterocycles. The van der Waals surface area contributed by atoms with Crippen molar-refractivity contribution in [2.24, 2.45) is 0 Å². The number of aromatic nitrogens is 1. The second-order valence-corrected chi connectivity index (χ2v) is 3.94. The third kappa shape index (κ3) is 1.79. The number of likely N-dealkylation sites (tertiary alicyclic amines) is 1. The van der Waals surface area contributed by atoms with E-state index in [0.29, 0.717) is 0 Å². The van der Waals surface area contributed by atoms with Crippen molar-refractivity contribution in [2.75, 3.05) is 6.54 Å². The molecule has 1 aliphatic rings. The van der Waals surface area contributed by atoms with E-state index in [4.69, 9.17) is 0 Å². The molecule has 0 aliphatic carbocycles. The lowest BCUT2D eigenvalue weighted by atomic mass is 10.0. The summed E-state index contributed by atoms with van der Waals surface area (Å²) in [5.74, 6) is 0. The minimum atomic E-state index is -0.0908. The number of nitrogens with zero attached hydrogens (tertiary/aromatic N) is 1. The largest absolute Gasteiger partial charge is 0.338 e. The summed E-state index contributed by atoms with van der Waals surface area (Å²) in [5, 5.41) is 0. The fourth-order valence-corrected chi connectivity index (χ4v) is 2.19. The van der Waals surface area contributed by atoms with Gasteiger partial charge in [-0.1, -0.05) is 0 Å². The highest BCUT2D eigenvalue weighted by atomic mass is 16.1. The fourth-order valence-electron chi connectivity index (χ4n) is 2.19. The van der Waals surface area contributed by atoms with Gasteiger partial charge in [0.05, 0.1) is 6.04 Å². The van der Waals surface area contributed by atoms with Gasteiger partial charge in [0, 0.05) is 18.8 Å². The van der Waals surface area contributed by atoms with Gasteiger partial charge in [-0.05, 0) is 30.9 Å². The molecule has 1 amide bonds. The molecule has 80 valence electrons. The molecular weight excluding hydrogens is 192 g/mol. The number of carbonyl (C=O) groups excluding carboxylic acids is 1. The van der Waals surface area contributed by atoms with Gasteiger partial charge in [-0.2, -0.15) is 0 Å². The Kier molecular flexibility index (Phi) is 2.58. The summed E-state index contributed by atoms with van der Waals surface area (Å²) < 4.78 is 0. The Morgan fingerprint density at radius 2 is 2.40 bits per heavy atom. The summed E-state index contributed by atoms with van der Waals surface area (Å²) in [6, 6.07) is 1.72. The molecule has 0 bridgehead atoms. The maximum Gasteiger partial charge on any atom is 0.248 e. The number of H-pyrrole nitrogens is 1. The molecule has 1 fully saturated rings. The van der Waals surface area contributed by atoms with Crippen LogP contribution in [-0.2, 0) is 4.79 Å². The van der Waals surface area contributed by atoms with Gasteiger partial charge < -0.3 is 9.88 Å². The predicted molar refractivity (Wildman–Crippen MR) is 56.5 cm³/mol. The summed E-state index contributed by atoms with van der Waals surface area (Å²) in [4.78, 5) is 26.3. The summed E-state index contributed by atoms with van der Waals surface area (Å²) in [6.07, 6.45) is 4.62. The van der Waals surface area contributed by atoms with Gasteiger partial charge in [0.2, 0.25) is 12.0 Å². The number of hydrogen-bond donors (Lipinski definition) is 1. The maximum absolute atomic E-state index is 11.1. The van der Waals surface area contributed by atoms with E-state index in [1.54, 1.807) is 17.2 Å². The number of hydrogen-bond acceptors (Lipinski definition) is 2. The minimum absolute atomic E-state index is 0.0908. The van der Waals surface area contributed by atoms with Crippen molar-refractivity contribution in [3.8, 4) is 0 Å². The lowest BCUT2D eigenvalue weighted by molar-refractivity contribution is -0.118. The van der Waals surface area contributed by atoms with Crippen molar-refractivity contribution in [3.63, 3.8) is 0 Å². The molecule has 15 heavy (non-hydrogen) atoms. The molecule has 1 aliphatic heterocycles. The zero-order valence-electron chi connectivity index (χ0n) is 8.69. The molecule has 1 aromatic heterocycles. The van der Waals surface area contributed by atoms with Gasteiger partial charge in [-0.15, -0.1) is 0 Å². The Balaban J connectivity index is 2.36. The molecule has 1 atom stereocenters. The van der Waals surface area contributed by atoms with Gasteiger partial charge in [-0.3, -0.25) is 9.59 Å². The Morgan fingerprint density at radius 3 is 3.07 bits per heavy atom. The molecule has 4 nitrogen and oxygen atoms in total. The van der Waals surface area contributed by atoms with Gasteiger partial charge in [0.1, 0.15) is 0 Å². The third-order valence-electron chi connectivity index (χ3n) is 2.96. The van der Waals surface area contributed by atoms with Crippen LogP contribution in [0.2, 0.25) is 0 Å². The average Bonchev–Trinajstić information content (AvgIpc) is 2.65. The van der Waals surface area contributed by atoms with Gasteiger partial charge in [0.25, 0.3) is 0 Å². The van der Waals surface area contributed by atoms with Crippen LogP contribution < -0.4 is 5.56 Å². The second kappa shape index (κ2) is 3.88. The molecular formula is C11H14N2O2. The van der Waals surface area contributed by atoms with Crippen LogP contribution in [0.25, 0.3) is 0 Å². The zero-order valence-corrected chi connectivity index (χ0v) is 8.69. The number of pyridine rings is 1. The number of aromatic amines is 1. The van der Waals surface area contributed by atoms with Gasteiger partial charge in [-0.25, -0.2) is 0 Å². The monoisotopic (exact) mass is 206 g/mol. The SMILES string of the molecule is Cc1cc(=O)[nH]cc1[C@H]1CCCN1C=O. The summed E-state index contributed by atoms with van der Waals surface area (Å²) in [7, 11) is 0. The van der Waals surface area contributed by atoms with Crippen LogP contribution >= 0.6 is 0 Å². The van der Waals surface area contributed by atoms with Crippen LogP contribution in [0.4, 0.5) is 0 Å². The van der Waals surface area contributed by atoms with Crippen LogP contribution in [-0.4, -0.2) is 22.8 Å². The molecule has 4 heteroatoms. The van der Waals surface area contributed by atoms with Gasteiger partial charge >= 0.3 is 0 Å². The average molecular weight is 206 g/mol. The molecule has 1 aromatic rings. The molecule has 0 radical (unpaired) electrons. The zero-order chi connectivity index (χ0) is 10.8. The van der Waals surface area contributed by atoms with Crippen LogP contribution in [0.3, 0.4) is 0 Å². The molecule has 0 unspecified atom stereocenters. The van der Waals surface area contributed by atoms with Gasteiger partial charge in [0.15, 0.2) is 0 Å². The van der Waals surface area contributed by atoms with Crippen molar-refractivity contribution < 1.29 is 4.79 Å². The predicted octanol–water partition coefficient (Wildman–Crippen LogP) is 0.977. The number of amides is 1. The van der Waals surface area contributed by atoms with Crippen LogP contribution in [0.15, 0.2) is 17.1 Å². The lowest BCUT2D eigenvalue weighted by Crippen LogP contribution is -2.22. The smallest absolute Gasteiger partial charge is 0.248 e. The highest BCUT2D eigenvalue weighted by Gasteiger charge is 2.25. The van der Waals surface area contributed by atoms with Crippen LogP contribution in [0, 0.1) is 6.92 Å². The van der Waals surface area contributed by atoms with Crippen molar-refractivity contribution in [2.45, 2.75) is 25.8 Å². The Labute approximate surface area is 87.9 Å². The third-order valence-corrected chi connectivity index (χ3v) is 2.96. The van der Waals surface area contributed by atoms with E-state index in [0.717, 1.165) is 36.9 Å². The Hall–Kier alpha value is -1.58. The number of aryl methyl sites for hydroxylation is 1. The molecule has 0 spiro atoms. The summed E-state index contributed by atoms with van der Waals surface area (Å²) >= 11 is 0. The highest BCUT2D eigenvalue weighted by molar-refractivity contribution is 5.50. The molecule has 2 heterocycles. The number of nitrogens with one attached hydrogen (secondary N) is 1. The summed E-state index contributed by atoms with van der Waals surface area (Å²) in [6.45, 7) is 2.72. The first-order chi connectivity index (χ1) is 7.22. The number of carbonyl (C=O) groups is 1. The lowest BCUT2D eigenvalue weighted by Gasteiger charge is -2.21. The summed E-state index contributed by atoms with van der Waals surface area (Å²) in [5.41, 5.74) is 1.92. The van der Waals surface area contributed by atoms with E-state index in [9.17, 15) is 9.59 Å². The first-order valence-corrected chi connectivity index (χ1v) is 5.12. The van der Waals surface area contributed by atoms with E-state index in [2.05, 4.69) is 4.98 Å². The van der Waals surface area contributed by atoms with Crippen molar-refractivity contribution in [3.05, 3.63) is 33.7 Å². The maximum atomic E-state index is 11.1. The van der Waals surface area contributed by atoms with E-state index in [1.807, 2.05) is 6.92 Å². The van der Waals surface area contributed by atoms with Crippen LogP contribution in [0.1, 0.15) is 30.0 Å². The highest BCUT2D eigenvalue weighted by Crippen LogP contribution is 2.31. The topological polar surface area (TPSA) is 53.2 Å². The quantitative estimate of drug-likeness (QED) is 0.733. The van der Waals surface area contributed by atoms with E-state index in [1.165, 1.54) is 0 Å². The molecule has 0 saturated carbocycles. The second-order valence-electron chi connectivity index (χ2n) is 3.94. The van der Waals surface area contributed by atoms with Crippen molar-refractivity contribution in [1.82, 2.24) is 9.88 Å². The Bertz CT molecular complexity index is 425. The standard InChI is InChI=1S/C11H14N2O2/c1-8-5-11(15)12-6-9(8)10-3-2-4-13(10)7-14/h5-7,10H,2-4H2,1H3,(H,12,15)/t10-/m1/s1. The van der Waals surface area contributed by atoms with Crippen molar-refractivity contribution >= 4 is 6.41 Å². The van der Waals surface area contributed by atoms with E-state index >= 15 is 0 Å². The Morgan fingerprint density at radius 1 is 1.60 bits per heavy atom. The fraction of sp³-hybridized carbons (Fsp3) is 0.455. The number of rotatable bonds is 2.